The summed E-state index contributed by atoms with van der Waals surface area (Å²) in [6.45, 7) is 0. The number of aliphatic imine (C=N–C) groups is 1. The summed E-state index contributed by atoms with van der Waals surface area (Å²) in [5, 5.41) is 3.29. The Morgan fingerprint density at radius 1 is 1.12 bits per heavy atom. The number of hydrogen-bond donors (Lipinski definition) is 3. The van der Waals surface area contributed by atoms with E-state index in [1.54, 1.807) is 19.5 Å². The van der Waals surface area contributed by atoms with Crippen LogP contribution in [0.5, 0.6) is 5.75 Å². The first-order valence-corrected chi connectivity index (χ1v) is 7.51. The average Bonchev–Trinajstić information content (AvgIpc) is 2.63. The highest BCUT2D eigenvalue weighted by Crippen LogP contribution is 2.24. The van der Waals surface area contributed by atoms with Crippen molar-refractivity contribution in [2.45, 2.75) is 6.17 Å². The van der Waals surface area contributed by atoms with Gasteiger partial charge in [0.05, 0.1) is 24.5 Å². The molecule has 0 radical (unpaired) electrons. The van der Waals surface area contributed by atoms with Gasteiger partial charge in [0.25, 0.3) is 0 Å². The molecule has 2 heterocycles. The van der Waals surface area contributed by atoms with Crippen molar-refractivity contribution in [1.29, 1.82) is 0 Å². The van der Waals surface area contributed by atoms with E-state index >= 15 is 0 Å². The third kappa shape index (κ3) is 3.34. The molecule has 0 fully saturated rings. The smallest absolute Gasteiger partial charge is 0.138 e. The molecule has 6 nitrogen and oxygen atoms in total. The van der Waals surface area contributed by atoms with Crippen LogP contribution in [-0.4, -0.2) is 24.5 Å². The fourth-order valence-electron chi connectivity index (χ4n) is 2.44. The fraction of sp³-hybridized carbons (Fsp3) is 0.111. The topological polar surface area (TPSA) is 98.5 Å². The summed E-state index contributed by atoms with van der Waals surface area (Å²) in [6.07, 6.45) is 4.61. The van der Waals surface area contributed by atoms with Crippen LogP contribution in [0, 0.1) is 0 Å². The molecule has 1 aromatic heterocycles. The van der Waals surface area contributed by atoms with Crippen molar-refractivity contribution >= 4 is 17.5 Å². The number of nitrogens with two attached hydrogens (primary N) is 2. The van der Waals surface area contributed by atoms with Crippen molar-refractivity contribution in [3.05, 3.63) is 71.8 Å². The Kier molecular flexibility index (Phi) is 4.69. The van der Waals surface area contributed by atoms with Gasteiger partial charge in [0.1, 0.15) is 11.6 Å². The quantitative estimate of drug-likeness (QED) is 0.745. The summed E-state index contributed by atoms with van der Waals surface area (Å²) >= 11 is 0. The lowest BCUT2D eigenvalue weighted by atomic mass is 10.1. The van der Waals surface area contributed by atoms with E-state index in [9.17, 15) is 0 Å². The molecule has 0 spiro atoms. The molecular formula is C18H19N5O. The van der Waals surface area contributed by atoms with Crippen molar-refractivity contribution in [2.75, 3.05) is 7.11 Å². The third-order valence-corrected chi connectivity index (χ3v) is 3.63. The van der Waals surface area contributed by atoms with Crippen LogP contribution in [0.4, 0.5) is 0 Å². The minimum Gasteiger partial charge on any atom is -0.497 e. The number of pyridine rings is 1. The lowest BCUT2D eigenvalue weighted by Crippen LogP contribution is -2.34. The van der Waals surface area contributed by atoms with E-state index in [0.29, 0.717) is 17.1 Å². The molecule has 0 amide bonds. The molecule has 0 saturated carbocycles. The number of hydrogen-bond acceptors (Lipinski definition) is 6. The van der Waals surface area contributed by atoms with Crippen molar-refractivity contribution in [3.8, 4) is 5.75 Å². The van der Waals surface area contributed by atoms with Crippen LogP contribution < -0.4 is 21.5 Å². The Labute approximate surface area is 140 Å². The SMILES string of the molecule is COc1ccc(C2=CC=N/C(=C(/c3ccccn3)C(N)N)N2)cc1. The molecule has 0 bridgehead atoms. The van der Waals surface area contributed by atoms with Crippen molar-refractivity contribution in [3.63, 3.8) is 0 Å². The van der Waals surface area contributed by atoms with E-state index in [-0.39, 0.29) is 0 Å². The number of aromatic nitrogens is 1. The van der Waals surface area contributed by atoms with Gasteiger partial charge in [-0.3, -0.25) is 4.98 Å². The average molecular weight is 321 g/mol. The van der Waals surface area contributed by atoms with Gasteiger partial charge in [-0.15, -0.1) is 0 Å². The zero-order chi connectivity index (χ0) is 16.9. The lowest BCUT2D eigenvalue weighted by molar-refractivity contribution is 0.415. The Hall–Kier alpha value is -2.96. The Morgan fingerprint density at radius 3 is 2.54 bits per heavy atom. The number of methoxy groups -OCH3 is 1. The zero-order valence-electron chi connectivity index (χ0n) is 13.3. The van der Waals surface area contributed by atoms with Crippen LogP contribution in [0.2, 0.25) is 0 Å². The molecule has 24 heavy (non-hydrogen) atoms. The first-order chi connectivity index (χ1) is 11.7. The van der Waals surface area contributed by atoms with Crippen molar-refractivity contribution in [1.82, 2.24) is 10.3 Å². The van der Waals surface area contributed by atoms with Crippen LogP contribution >= 0.6 is 0 Å². The summed E-state index contributed by atoms with van der Waals surface area (Å²) in [6, 6.07) is 13.3. The largest absolute Gasteiger partial charge is 0.497 e. The fourth-order valence-corrected chi connectivity index (χ4v) is 2.44. The maximum atomic E-state index is 5.95. The van der Waals surface area contributed by atoms with E-state index in [1.165, 1.54) is 0 Å². The van der Waals surface area contributed by atoms with Gasteiger partial charge in [-0.1, -0.05) is 6.07 Å². The van der Waals surface area contributed by atoms with E-state index in [0.717, 1.165) is 17.0 Å². The molecule has 122 valence electrons. The molecular weight excluding hydrogens is 302 g/mol. The predicted molar refractivity (Wildman–Crippen MR) is 95.9 cm³/mol. The van der Waals surface area contributed by atoms with Crippen molar-refractivity contribution < 1.29 is 4.74 Å². The molecule has 1 aliphatic rings. The molecule has 6 heteroatoms. The number of ether oxygens (including phenoxy) is 1. The maximum Gasteiger partial charge on any atom is 0.138 e. The number of benzene rings is 1. The van der Waals surface area contributed by atoms with Gasteiger partial charge >= 0.3 is 0 Å². The molecule has 5 N–H and O–H groups in total. The van der Waals surface area contributed by atoms with Gasteiger partial charge in [-0.2, -0.15) is 0 Å². The number of nitrogens with zero attached hydrogens (tertiary/aromatic N) is 2. The molecule has 1 aliphatic heterocycles. The van der Waals surface area contributed by atoms with Crippen molar-refractivity contribution in [2.24, 2.45) is 16.5 Å². The number of nitrogens with one attached hydrogen (secondary N) is 1. The van der Waals surface area contributed by atoms with Gasteiger partial charge in [-0.25, -0.2) is 4.99 Å². The molecule has 0 atom stereocenters. The number of rotatable bonds is 4. The van der Waals surface area contributed by atoms with Crippen LogP contribution in [0.1, 0.15) is 11.3 Å². The summed E-state index contributed by atoms with van der Waals surface area (Å²) in [5.41, 5.74) is 15.2. The maximum absolute atomic E-state index is 5.95. The van der Waals surface area contributed by atoms with Crippen LogP contribution in [0.15, 0.2) is 65.6 Å². The second-order valence-electron chi connectivity index (χ2n) is 5.22. The van der Waals surface area contributed by atoms with Gasteiger partial charge in [0, 0.05) is 18.1 Å². The van der Waals surface area contributed by atoms with Crippen LogP contribution in [-0.2, 0) is 0 Å². The van der Waals surface area contributed by atoms with Crippen LogP contribution in [0.25, 0.3) is 11.3 Å². The zero-order valence-corrected chi connectivity index (χ0v) is 13.3. The summed E-state index contributed by atoms with van der Waals surface area (Å²) in [4.78, 5) is 8.71. The van der Waals surface area contributed by atoms with E-state index < -0.39 is 6.17 Å². The first kappa shape index (κ1) is 15.9. The summed E-state index contributed by atoms with van der Waals surface area (Å²) in [5.74, 6) is 1.40. The highest BCUT2D eigenvalue weighted by atomic mass is 16.5. The van der Waals surface area contributed by atoms with E-state index in [4.69, 9.17) is 16.2 Å². The summed E-state index contributed by atoms with van der Waals surface area (Å²) in [7, 11) is 1.64. The highest BCUT2D eigenvalue weighted by Gasteiger charge is 2.17. The van der Waals surface area contributed by atoms with E-state index in [1.807, 2.05) is 48.5 Å². The lowest BCUT2D eigenvalue weighted by Gasteiger charge is -2.20. The first-order valence-electron chi connectivity index (χ1n) is 7.51. The Balaban J connectivity index is 1.95. The molecule has 1 aromatic carbocycles. The second-order valence-corrected chi connectivity index (χ2v) is 5.22. The highest BCUT2D eigenvalue weighted by molar-refractivity contribution is 5.89. The second kappa shape index (κ2) is 7.08. The Bertz CT molecular complexity index is 792. The molecule has 3 rings (SSSR count). The monoisotopic (exact) mass is 321 g/mol. The molecule has 0 aliphatic carbocycles. The van der Waals surface area contributed by atoms with E-state index in [2.05, 4.69) is 15.3 Å². The standard InChI is InChI=1S/C18H19N5O/c1-24-13-7-5-12(6-8-13)14-9-11-22-18(23-14)16(17(19)20)15-4-2-3-10-21-15/h2-11,17,23H,19-20H2,1H3/b18-16+. The van der Waals surface area contributed by atoms with Gasteiger partial charge in [-0.05, 0) is 48.0 Å². The molecule has 0 unspecified atom stereocenters. The molecule has 2 aromatic rings. The predicted octanol–water partition coefficient (Wildman–Crippen LogP) is 1.72. The summed E-state index contributed by atoms with van der Waals surface area (Å²) < 4.78 is 5.19. The Morgan fingerprint density at radius 2 is 1.92 bits per heavy atom. The third-order valence-electron chi connectivity index (χ3n) is 3.63. The minimum absolute atomic E-state index is 0.594. The van der Waals surface area contributed by atoms with Gasteiger partial charge in [0.2, 0.25) is 0 Å². The van der Waals surface area contributed by atoms with Gasteiger partial charge < -0.3 is 21.5 Å². The van der Waals surface area contributed by atoms with Gasteiger partial charge in [0.15, 0.2) is 0 Å². The van der Waals surface area contributed by atoms with Crippen LogP contribution in [0.3, 0.4) is 0 Å². The normalized spacial score (nSPS) is 15.8. The number of allylic oxidation sites excluding steroid dienone is 1. The minimum atomic E-state index is -0.699. The molecule has 0 saturated heterocycles.